The van der Waals surface area contributed by atoms with Crippen LogP contribution in [0, 0.1) is 0 Å². The number of benzene rings is 1. The highest BCUT2D eigenvalue weighted by atomic mass is 35.5. The summed E-state index contributed by atoms with van der Waals surface area (Å²) >= 11 is 6.68. The molecule has 4 heterocycles. The lowest BCUT2D eigenvalue weighted by molar-refractivity contribution is -0.137. The zero-order valence-electron chi connectivity index (χ0n) is 22.7. The summed E-state index contributed by atoms with van der Waals surface area (Å²) in [5.74, 6) is 0.668. The molecule has 1 fully saturated rings. The van der Waals surface area contributed by atoms with Gasteiger partial charge in [-0.2, -0.15) is 18.2 Å². The van der Waals surface area contributed by atoms with E-state index in [4.69, 9.17) is 22.1 Å². The first kappa shape index (κ1) is 28.6. The summed E-state index contributed by atoms with van der Waals surface area (Å²) in [6.07, 6.45) is 3.58. The predicted octanol–water partition coefficient (Wildman–Crippen LogP) is 4.65. The number of hydrogen-bond acceptors (Lipinski definition) is 9. The third-order valence-electron chi connectivity index (χ3n) is 6.95. The second-order valence-corrected chi connectivity index (χ2v) is 10.4. The molecule has 41 heavy (non-hydrogen) atoms. The first-order chi connectivity index (χ1) is 19.5. The number of imidazole rings is 1. The van der Waals surface area contributed by atoms with Crippen LogP contribution in [0.4, 0.5) is 24.8 Å². The number of halogens is 4. The second-order valence-electron chi connectivity index (χ2n) is 10.0. The van der Waals surface area contributed by atoms with Crippen molar-refractivity contribution < 1.29 is 17.9 Å². The molecule has 1 aliphatic rings. The van der Waals surface area contributed by atoms with Gasteiger partial charge in [-0.15, -0.1) is 0 Å². The van der Waals surface area contributed by atoms with E-state index in [2.05, 4.69) is 35.1 Å². The molecule has 1 atom stereocenters. The molecule has 14 heteroatoms. The number of anilines is 2. The summed E-state index contributed by atoms with van der Waals surface area (Å²) in [7, 11) is 5.70. The fourth-order valence-corrected chi connectivity index (χ4v) is 5.09. The van der Waals surface area contributed by atoms with Crippen LogP contribution in [-0.4, -0.2) is 67.5 Å². The van der Waals surface area contributed by atoms with Crippen LogP contribution in [0.25, 0.3) is 16.9 Å². The fraction of sp³-hybridized carbons (Fsp3) is 0.333. The monoisotopic (exact) mass is 587 g/mol. The van der Waals surface area contributed by atoms with Crippen molar-refractivity contribution >= 4 is 40.2 Å². The molecule has 1 aromatic carbocycles. The smallest absolute Gasteiger partial charge is 0.416 e. The molecule has 1 unspecified atom stereocenters. The first-order valence-electron chi connectivity index (χ1n) is 12.8. The molecule has 0 radical (unpaired) electrons. The molecule has 3 N–H and O–H groups in total. The maximum Gasteiger partial charge on any atom is 0.416 e. The maximum atomic E-state index is 13.8. The van der Waals surface area contributed by atoms with Crippen LogP contribution in [0.3, 0.4) is 0 Å². The summed E-state index contributed by atoms with van der Waals surface area (Å²) in [6, 6.07) is 4.35. The highest BCUT2D eigenvalue weighted by molar-refractivity contribution is 6.36. The van der Waals surface area contributed by atoms with E-state index in [0.717, 1.165) is 25.6 Å². The van der Waals surface area contributed by atoms with Crippen LogP contribution >= 0.6 is 11.6 Å². The highest BCUT2D eigenvalue weighted by Gasteiger charge is 2.32. The summed E-state index contributed by atoms with van der Waals surface area (Å²) < 4.78 is 49.0. The Hall–Kier alpha value is -3.94. The molecule has 0 aliphatic carbocycles. The van der Waals surface area contributed by atoms with Crippen LogP contribution in [0.2, 0.25) is 5.02 Å². The van der Waals surface area contributed by atoms with Crippen molar-refractivity contribution in [3.63, 3.8) is 0 Å². The number of hydrogen-bond donors (Lipinski definition) is 2. The second kappa shape index (κ2) is 11.5. The zero-order chi connectivity index (χ0) is 29.3. The quantitative estimate of drug-likeness (QED) is 0.285. The van der Waals surface area contributed by atoms with E-state index < -0.39 is 11.7 Å². The summed E-state index contributed by atoms with van der Waals surface area (Å²) in [5, 5.41) is 3.22. The van der Waals surface area contributed by atoms with Crippen molar-refractivity contribution in [1.82, 2.24) is 34.3 Å². The van der Waals surface area contributed by atoms with Crippen molar-refractivity contribution in [2.45, 2.75) is 25.2 Å². The Morgan fingerprint density at radius 2 is 2.02 bits per heavy atom. The number of likely N-dealkylation sites (tertiary alicyclic amines) is 1. The Morgan fingerprint density at radius 1 is 1.22 bits per heavy atom. The molecule has 1 saturated heterocycles. The maximum absolute atomic E-state index is 13.8. The van der Waals surface area contributed by atoms with Gasteiger partial charge < -0.3 is 25.3 Å². The number of nitrogens with two attached hydrogens (primary N) is 1. The lowest BCUT2D eigenvalue weighted by Gasteiger charge is -2.21. The highest BCUT2D eigenvalue weighted by Crippen LogP contribution is 2.36. The first-order valence-corrected chi connectivity index (χ1v) is 13.1. The standard InChI is InChI=1S/C27H29ClF3N9O/c1-38(2)19-4-7-40(15-19)14-16-8-17(27(29,30)31)10-18(9-16)36-26-37-25-24(39(26)3)23(28)22(13-35-25)41-21(11-32)20-12-33-5-6-34-20/h5-6,8-13,19H,4,7,14-15,32H2,1-3H3,(H,35,36,37)/b21-11+. The Bertz CT molecular complexity index is 1570. The Labute approximate surface area is 239 Å². The average Bonchev–Trinajstić information content (AvgIpc) is 3.53. The van der Waals surface area contributed by atoms with Crippen molar-refractivity contribution in [3.8, 4) is 5.75 Å². The van der Waals surface area contributed by atoms with Crippen molar-refractivity contribution in [3.05, 3.63) is 71.0 Å². The van der Waals surface area contributed by atoms with Crippen LogP contribution in [-0.2, 0) is 19.8 Å². The van der Waals surface area contributed by atoms with Crippen molar-refractivity contribution in [2.75, 3.05) is 32.5 Å². The van der Waals surface area contributed by atoms with Gasteiger partial charge in [0.05, 0.1) is 18.0 Å². The van der Waals surface area contributed by atoms with Crippen LogP contribution in [0.1, 0.15) is 23.2 Å². The molecule has 4 aromatic rings. The minimum atomic E-state index is -4.51. The third kappa shape index (κ3) is 6.21. The Balaban J connectivity index is 1.43. The normalized spacial score (nSPS) is 16.6. The molecule has 3 aromatic heterocycles. The molecule has 5 rings (SSSR count). The molecule has 0 amide bonds. The minimum Gasteiger partial charge on any atom is -0.450 e. The van der Waals surface area contributed by atoms with Crippen LogP contribution in [0.15, 0.2) is 49.2 Å². The molecule has 1 aliphatic heterocycles. The van der Waals surface area contributed by atoms with Gasteiger partial charge in [0, 0.05) is 57.0 Å². The number of nitrogens with one attached hydrogen (secondary N) is 1. The average molecular weight is 588 g/mol. The predicted molar refractivity (Wildman–Crippen MR) is 150 cm³/mol. The van der Waals surface area contributed by atoms with Gasteiger partial charge in [0.25, 0.3) is 0 Å². The van der Waals surface area contributed by atoms with Gasteiger partial charge >= 0.3 is 6.18 Å². The Morgan fingerprint density at radius 3 is 2.68 bits per heavy atom. The molecule has 10 nitrogen and oxygen atoms in total. The number of alkyl halides is 3. The van der Waals surface area contributed by atoms with Gasteiger partial charge in [0.2, 0.25) is 5.95 Å². The van der Waals surface area contributed by atoms with Gasteiger partial charge in [-0.3, -0.25) is 9.88 Å². The molecular formula is C27H29ClF3N9O. The van der Waals surface area contributed by atoms with Gasteiger partial charge in [0.15, 0.2) is 17.2 Å². The lowest BCUT2D eigenvalue weighted by atomic mass is 10.1. The summed E-state index contributed by atoms with van der Waals surface area (Å²) in [5.41, 5.74) is 6.89. The molecule has 0 spiro atoms. The number of fused-ring (bicyclic) bond motifs is 1. The number of aromatic nitrogens is 5. The number of ether oxygens (including phenoxy) is 1. The number of aryl methyl sites for hydroxylation is 1. The van der Waals surface area contributed by atoms with Gasteiger partial charge in [-0.05, 0) is 44.3 Å². The van der Waals surface area contributed by atoms with Gasteiger partial charge in [-0.1, -0.05) is 11.6 Å². The molecule has 0 saturated carbocycles. The van der Waals surface area contributed by atoms with Crippen molar-refractivity contribution in [1.29, 1.82) is 0 Å². The van der Waals surface area contributed by atoms with E-state index in [1.807, 2.05) is 14.1 Å². The van der Waals surface area contributed by atoms with Crippen LogP contribution in [0.5, 0.6) is 5.75 Å². The van der Waals surface area contributed by atoms with E-state index in [0.29, 0.717) is 29.4 Å². The SMILES string of the molecule is CN(C)C1CCN(Cc2cc(Nc3nc4ncc(O/C(=C/N)c5cnccn5)c(Cl)c4n3C)cc(C(F)(F)F)c2)C1. The largest absolute Gasteiger partial charge is 0.450 e. The molecule has 216 valence electrons. The third-order valence-corrected chi connectivity index (χ3v) is 7.32. The Kier molecular flexibility index (Phi) is 8.02. The topological polar surface area (TPSA) is 110 Å². The number of likely N-dealkylation sites (N-methyl/N-ethyl adjacent to an activating group) is 1. The zero-order valence-corrected chi connectivity index (χ0v) is 23.4. The van der Waals surface area contributed by atoms with E-state index in [1.54, 1.807) is 17.7 Å². The number of pyridine rings is 1. The number of rotatable bonds is 8. The summed E-state index contributed by atoms with van der Waals surface area (Å²) in [6.45, 7) is 2.02. The van der Waals surface area contributed by atoms with Gasteiger partial charge in [-0.25, -0.2) is 9.97 Å². The van der Waals surface area contributed by atoms with E-state index in [1.165, 1.54) is 37.1 Å². The van der Waals surface area contributed by atoms with Crippen molar-refractivity contribution in [2.24, 2.45) is 12.8 Å². The summed E-state index contributed by atoms with van der Waals surface area (Å²) in [4.78, 5) is 21.3. The minimum absolute atomic E-state index is 0.190. The molecular weight excluding hydrogens is 559 g/mol. The lowest BCUT2D eigenvalue weighted by Crippen LogP contribution is -2.31. The van der Waals surface area contributed by atoms with E-state index in [9.17, 15) is 13.2 Å². The van der Waals surface area contributed by atoms with E-state index >= 15 is 0 Å². The van der Waals surface area contributed by atoms with Crippen LogP contribution < -0.4 is 15.8 Å². The fourth-order valence-electron chi connectivity index (χ4n) is 4.80. The number of nitrogens with zero attached hydrogens (tertiary/aromatic N) is 7. The van der Waals surface area contributed by atoms with Gasteiger partial charge in [0.1, 0.15) is 16.2 Å². The van der Waals surface area contributed by atoms with E-state index in [-0.39, 0.29) is 33.8 Å². The molecule has 0 bridgehead atoms.